The van der Waals surface area contributed by atoms with Gasteiger partial charge in [0.05, 0.1) is 18.4 Å². The fourth-order valence-electron chi connectivity index (χ4n) is 4.81. The topological polar surface area (TPSA) is 61.7 Å². The average molecular weight is 489 g/mol. The summed E-state index contributed by atoms with van der Waals surface area (Å²) in [5.41, 5.74) is 5.59. The van der Waals surface area contributed by atoms with Gasteiger partial charge in [0.1, 0.15) is 5.82 Å². The Kier molecular flexibility index (Phi) is 9.45. The van der Waals surface area contributed by atoms with E-state index in [1.165, 1.54) is 11.1 Å². The highest BCUT2D eigenvalue weighted by Gasteiger charge is 2.25. The smallest absolute Gasteiger partial charge is 0.161 e. The molecule has 0 bridgehead atoms. The van der Waals surface area contributed by atoms with Gasteiger partial charge in [-0.1, -0.05) is 79.9 Å². The Labute approximate surface area is 216 Å². The van der Waals surface area contributed by atoms with Crippen molar-refractivity contribution in [3.63, 3.8) is 0 Å². The number of nitrogens with zero attached hydrogens (tertiary/aromatic N) is 4. The summed E-state index contributed by atoms with van der Waals surface area (Å²) in [5, 5.41) is 10.4. The zero-order valence-corrected chi connectivity index (χ0v) is 22.0. The molecule has 0 aliphatic carbocycles. The summed E-state index contributed by atoms with van der Waals surface area (Å²) in [6, 6.07) is 18.9. The van der Waals surface area contributed by atoms with Gasteiger partial charge in [0.25, 0.3) is 0 Å². The Hall–Kier alpha value is -2.80. The molecule has 2 heterocycles. The summed E-state index contributed by atoms with van der Waals surface area (Å²) in [6.07, 6.45) is 3.60. The third-order valence-corrected chi connectivity index (χ3v) is 6.92. The second kappa shape index (κ2) is 12.9. The van der Waals surface area contributed by atoms with Gasteiger partial charge in [0.15, 0.2) is 5.82 Å². The van der Waals surface area contributed by atoms with Crippen molar-refractivity contribution in [3.05, 3.63) is 77.0 Å². The van der Waals surface area contributed by atoms with Crippen LogP contribution in [0.3, 0.4) is 0 Å². The van der Waals surface area contributed by atoms with Gasteiger partial charge in [-0.25, -0.2) is 9.97 Å². The van der Waals surface area contributed by atoms with E-state index in [0.29, 0.717) is 6.61 Å². The van der Waals surface area contributed by atoms with Crippen molar-refractivity contribution in [2.24, 2.45) is 0 Å². The van der Waals surface area contributed by atoms with Crippen LogP contribution in [0.5, 0.6) is 0 Å². The van der Waals surface area contributed by atoms with Crippen LogP contribution in [0.4, 0.5) is 5.82 Å². The van der Waals surface area contributed by atoms with Crippen LogP contribution in [-0.2, 0) is 17.8 Å². The first-order valence-corrected chi connectivity index (χ1v) is 13.2. The van der Waals surface area contributed by atoms with Gasteiger partial charge in [-0.2, -0.15) is 0 Å². The normalized spacial score (nSPS) is 15.3. The highest BCUT2D eigenvalue weighted by atomic mass is 16.5. The van der Waals surface area contributed by atoms with Crippen LogP contribution in [0.2, 0.25) is 0 Å². The second-order valence-electron chi connectivity index (χ2n) is 9.84. The third kappa shape index (κ3) is 6.90. The van der Waals surface area contributed by atoms with E-state index in [2.05, 4.69) is 60.0 Å². The molecule has 0 saturated carbocycles. The molecule has 2 aromatic carbocycles. The summed E-state index contributed by atoms with van der Waals surface area (Å²) in [4.78, 5) is 14.9. The van der Waals surface area contributed by atoms with E-state index in [4.69, 9.17) is 14.7 Å². The summed E-state index contributed by atoms with van der Waals surface area (Å²) in [7, 11) is 1.72. The molecule has 1 atom stereocenters. The van der Waals surface area contributed by atoms with E-state index < -0.39 is 0 Å². The van der Waals surface area contributed by atoms with E-state index in [1.54, 1.807) is 7.11 Å². The van der Waals surface area contributed by atoms with Crippen LogP contribution < -0.4 is 4.90 Å². The molecule has 1 N–H and O–H groups in total. The molecule has 1 aliphatic heterocycles. The maximum absolute atomic E-state index is 10.4. The molecule has 0 unspecified atom stereocenters. The number of aromatic nitrogens is 2. The number of methoxy groups -OCH3 is 1. The number of aliphatic hydroxyl groups is 1. The first-order valence-electron chi connectivity index (χ1n) is 13.2. The molecule has 192 valence electrons. The minimum atomic E-state index is -0.245. The van der Waals surface area contributed by atoms with Crippen molar-refractivity contribution < 1.29 is 9.84 Å². The van der Waals surface area contributed by atoms with Crippen LogP contribution in [0, 0.1) is 6.92 Å². The minimum absolute atomic E-state index is 0.245. The first-order chi connectivity index (χ1) is 17.6. The molecule has 3 aromatic rings. The lowest BCUT2D eigenvalue weighted by molar-refractivity contribution is 0.100. The molecule has 6 heteroatoms. The fourth-order valence-corrected chi connectivity index (χ4v) is 4.81. The molecule has 1 aromatic heterocycles. The van der Waals surface area contributed by atoms with Crippen molar-refractivity contribution in [2.45, 2.75) is 52.2 Å². The molecule has 0 radical (unpaired) electrons. The van der Waals surface area contributed by atoms with Gasteiger partial charge in [-0.15, -0.1) is 0 Å². The van der Waals surface area contributed by atoms with E-state index in [0.717, 1.165) is 86.9 Å². The summed E-state index contributed by atoms with van der Waals surface area (Å²) < 4.78 is 5.61. The third-order valence-electron chi connectivity index (χ3n) is 6.92. The zero-order valence-electron chi connectivity index (χ0n) is 22.0. The number of piperazine rings is 1. The number of aryl methyl sites for hydroxylation is 1. The van der Waals surface area contributed by atoms with Crippen LogP contribution in [-0.4, -0.2) is 65.9 Å². The van der Waals surface area contributed by atoms with E-state index in [1.807, 2.05) is 18.2 Å². The van der Waals surface area contributed by atoms with Gasteiger partial charge >= 0.3 is 0 Å². The number of anilines is 1. The quantitative estimate of drug-likeness (QED) is 0.416. The number of unbranched alkanes of at least 4 members (excludes halogenated alkanes) is 1. The van der Waals surface area contributed by atoms with Gasteiger partial charge in [-0.3, -0.25) is 4.90 Å². The first kappa shape index (κ1) is 26.3. The number of ether oxygens (including phenoxy) is 1. The molecule has 0 spiro atoms. The number of benzene rings is 2. The molecular weight excluding hydrogens is 448 g/mol. The van der Waals surface area contributed by atoms with Crippen LogP contribution in [0.1, 0.15) is 48.6 Å². The monoisotopic (exact) mass is 488 g/mol. The Bertz CT molecular complexity index is 1080. The Morgan fingerprint density at radius 2 is 1.69 bits per heavy atom. The number of hydrogen-bond donors (Lipinski definition) is 1. The van der Waals surface area contributed by atoms with E-state index >= 15 is 0 Å². The van der Waals surface area contributed by atoms with E-state index in [-0.39, 0.29) is 6.10 Å². The number of rotatable bonds is 11. The molecule has 0 amide bonds. The lowest BCUT2D eigenvalue weighted by Gasteiger charge is -2.37. The molecular formula is C30H40N4O2. The number of aliphatic hydroxyl groups excluding tert-OH is 1. The Morgan fingerprint density at radius 3 is 2.36 bits per heavy atom. The zero-order chi connectivity index (χ0) is 25.3. The van der Waals surface area contributed by atoms with Crippen molar-refractivity contribution >= 4 is 5.82 Å². The van der Waals surface area contributed by atoms with Gasteiger partial charge < -0.3 is 14.7 Å². The summed E-state index contributed by atoms with van der Waals surface area (Å²) in [6.45, 7) is 9.05. The molecule has 1 fully saturated rings. The lowest BCUT2D eigenvalue weighted by atomic mass is 10.0. The minimum Gasteiger partial charge on any atom is -0.392 e. The van der Waals surface area contributed by atoms with Gasteiger partial charge in [0.2, 0.25) is 0 Å². The van der Waals surface area contributed by atoms with Crippen LogP contribution in [0.15, 0.2) is 54.6 Å². The highest BCUT2D eigenvalue weighted by molar-refractivity contribution is 5.61. The van der Waals surface area contributed by atoms with Crippen molar-refractivity contribution in [1.29, 1.82) is 0 Å². The number of hydrogen-bond acceptors (Lipinski definition) is 6. The SMILES string of the molecule is CCCC[C@H](O)CN1CCN(c2nc(-c3ccccc3)nc(COC)c2Cc2ccc(C)cc2)CC1. The van der Waals surface area contributed by atoms with Crippen LogP contribution in [0.25, 0.3) is 11.4 Å². The predicted molar refractivity (Wildman–Crippen MR) is 146 cm³/mol. The highest BCUT2D eigenvalue weighted by Crippen LogP contribution is 2.29. The molecule has 1 saturated heterocycles. The molecule has 4 rings (SSSR count). The lowest BCUT2D eigenvalue weighted by Crippen LogP contribution is -2.49. The molecule has 6 nitrogen and oxygen atoms in total. The van der Waals surface area contributed by atoms with Crippen molar-refractivity contribution in [3.8, 4) is 11.4 Å². The predicted octanol–water partition coefficient (Wildman–Crippen LogP) is 4.86. The van der Waals surface area contributed by atoms with Gasteiger partial charge in [0, 0.05) is 57.4 Å². The van der Waals surface area contributed by atoms with Crippen molar-refractivity contribution in [1.82, 2.24) is 14.9 Å². The standard InChI is InChI=1S/C30H40N4O2/c1-4-5-11-26(35)21-33-16-18-34(19-17-33)30-27(20-24-14-12-23(2)13-15-24)28(22-36-3)31-29(32-30)25-9-7-6-8-10-25/h6-10,12-15,26,35H,4-5,11,16-22H2,1-3H3/t26-/m0/s1. The van der Waals surface area contributed by atoms with E-state index in [9.17, 15) is 5.11 Å². The molecule has 1 aliphatic rings. The van der Waals surface area contributed by atoms with Gasteiger partial charge in [-0.05, 0) is 18.9 Å². The Morgan fingerprint density at radius 1 is 0.972 bits per heavy atom. The maximum Gasteiger partial charge on any atom is 0.161 e. The number of β-amino-alcohol motifs (C(OH)–C–C–N with tert-alkyl or cyclic N) is 1. The van der Waals surface area contributed by atoms with Crippen LogP contribution >= 0.6 is 0 Å². The fraction of sp³-hybridized carbons (Fsp3) is 0.467. The van der Waals surface area contributed by atoms with Crippen molar-refractivity contribution in [2.75, 3.05) is 44.7 Å². The largest absolute Gasteiger partial charge is 0.392 e. The second-order valence-corrected chi connectivity index (χ2v) is 9.84. The summed E-state index contributed by atoms with van der Waals surface area (Å²) in [5.74, 6) is 1.74. The average Bonchev–Trinajstić information content (AvgIpc) is 2.90. The Balaban J connectivity index is 1.63. The summed E-state index contributed by atoms with van der Waals surface area (Å²) >= 11 is 0. The molecule has 36 heavy (non-hydrogen) atoms. The maximum atomic E-state index is 10.4.